The van der Waals surface area contributed by atoms with E-state index in [1.807, 2.05) is 25.1 Å². The highest BCUT2D eigenvalue weighted by atomic mass is 32.2. The lowest BCUT2D eigenvalue weighted by Crippen LogP contribution is -2.48. The van der Waals surface area contributed by atoms with Gasteiger partial charge in [0.25, 0.3) is 10.2 Å². The van der Waals surface area contributed by atoms with Crippen LogP contribution in [-0.4, -0.2) is 54.8 Å². The molecule has 2 saturated heterocycles. The van der Waals surface area contributed by atoms with E-state index in [9.17, 15) is 12.8 Å². The lowest BCUT2D eigenvalue weighted by atomic mass is 10.0. The van der Waals surface area contributed by atoms with Crippen molar-refractivity contribution in [3.8, 4) is 0 Å². The Labute approximate surface area is 171 Å². The second kappa shape index (κ2) is 8.47. The largest absolute Gasteiger partial charge is 0.369 e. The highest BCUT2D eigenvalue weighted by Gasteiger charge is 2.36. The van der Waals surface area contributed by atoms with Crippen LogP contribution in [0.3, 0.4) is 0 Å². The van der Waals surface area contributed by atoms with Crippen molar-refractivity contribution in [3.05, 3.63) is 64.7 Å². The standard InChI is InChI=1S/C21H26FN3O3S/c1-16-11-18(12-17-5-4-6-19(22)13-17)14-20(23-16)21-15-25(9-10-28-21)29(26,27)24-7-2-3-8-24/h4-6,11,13-14,21H,2-3,7-10,12,15H2,1H3/t21-/m1/s1. The molecular formula is C21H26FN3O3S. The quantitative estimate of drug-likeness (QED) is 0.748. The molecule has 6 nitrogen and oxygen atoms in total. The van der Waals surface area contributed by atoms with E-state index in [-0.39, 0.29) is 12.4 Å². The van der Waals surface area contributed by atoms with Crippen molar-refractivity contribution in [3.63, 3.8) is 0 Å². The van der Waals surface area contributed by atoms with Gasteiger partial charge >= 0.3 is 0 Å². The fourth-order valence-corrected chi connectivity index (χ4v) is 5.69. The summed E-state index contributed by atoms with van der Waals surface area (Å²) in [6.07, 6.45) is 2.00. The third-order valence-corrected chi connectivity index (χ3v) is 7.41. The molecule has 2 aliphatic rings. The van der Waals surface area contributed by atoms with Crippen LogP contribution in [0.1, 0.15) is 41.5 Å². The summed E-state index contributed by atoms with van der Waals surface area (Å²) >= 11 is 0. The number of rotatable bonds is 5. The van der Waals surface area contributed by atoms with E-state index in [4.69, 9.17) is 4.74 Å². The molecule has 29 heavy (non-hydrogen) atoms. The summed E-state index contributed by atoms with van der Waals surface area (Å²) in [6, 6.07) is 10.4. The first-order valence-electron chi connectivity index (χ1n) is 10.0. The Morgan fingerprint density at radius 3 is 2.66 bits per heavy atom. The van der Waals surface area contributed by atoms with Crippen molar-refractivity contribution in [2.45, 2.75) is 32.3 Å². The molecule has 2 aromatic rings. The molecule has 4 rings (SSSR count). The van der Waals surface area contributed by atoms with Crippen molar-refractivity contribution < 1.29 is 17.5 Å². The van der Waals surface area contributed by atoms with Crippen LogP contribution in [0, 0.1) is 12.7 Å². The van der Waals surface area contributed by atoms with Gasteiger partial charge in [0, 0.05) is 31.9 Å². The summed E-state index contributed by atoms with van der Waals surface area (Å²) in [5.41, 5.74) is 3.43. The predicted octanol–water partition coefficient (Wildman–Crippen LogP) is 2.83. The highest BCUT2D eigenvalue weighted by molar-refractivity contribution is 7.86. The molecule has 0 bridgehead atoms. The molecule has 0 spiro atoms. The SMILES string of the molecule is Cc1cc(Cc2cccc(F)c2)cc([C@H]2CN(S(=O)(=O)N3CCCC3)CCO2)n1. The molecule has 2 fully saturated rings. The molecule has 2 aliphatic heterocycles. The van der Waals surface area contributed by atoms with Gasteiger partial charge in [0.1, 0.15) is 11.9 Å². The van der Waals surface area contributed by atoms with Gasteiger partial charge in [-0.25, -0.2) is 4.39 Å². The maximum atomic E-state index is 13.5. The minimum Gasteiger partial charge on any atom is -0.369 e. The van der Waals surface area contributed by atoms with Crippen LogP contribution in [0.5, 0.6) is 0 Å². The predicted molar refractivity (Wildman–Crippen MR) is 108 cm³/mol. The van der Waals surface area contributed by atoms with Crippen molar-refractivity contribution >= 4 is 10.2 Å². The van der Waals surface area contributed by atoms with Crippen molar-refractivity contribution in [2.24, 2.45) is 0 Å². The molecule has 0 aliphatic carbocycles. The monoisotopic (exact) mass is 419 g/mol. The zero-order valence-corrected chi connectivity index (χ0v) is 17.4. The lowest BCUT2D eigenvalue weighted by Gasteiger charge is -2.34. The number of halogens is 1. The van der Waals surface area contributed by atoms with E-state index < -0.39 is 16.3 Å². The maximum absolute atomic E-state index is 13.5. The summed E-state index contributed by atoms with van der Waals surface area (Å²) in [6.45, 7) is 4.04. The number of aromatic nitrogens is 1. The molecule has 3 heterocycles. The fourth-order valence-electron chi connectivity index (χ4n) is 4.01. The number of hydrogen-bond acceptors (Lipinski definition) is 4. The molecule has 0 amide bonds. The summed E-state index contributed by atoms with van der Waals surface area (Å²) in [7, 11) is -3.46. The topological polar surface area (TPSA) is 62.7 Å². The molecular weight excluding hydrogens is 393 g/mol. The number of hydrogen-bond donors (Lipinski definition) is 0. The number of benzene rings is 1. The summed E-state index contributed by atoms with van der Waals surface area (Å²) in [4.78, 5) is 4.60. The normalized spacial score (nSPS) is 21.5. The van der Waals surface area contributed by atoms with Gasteiger partial charge in [-0.15, -0.1) is 0 Å². The van der Waals surface area contributed by atoms with Crippen LogP contribution in [0.15, 0.2) is 36.4 Å². The third kappa shape index (κ3) is 4.66. The van der Waals surface area contributed by atoms with E-state index >= 15 is 0 Å². The zero-order valence-electron chi connectivity index (χ0n) is 16.6. The van der Waals surface area contributed by atoms with Gasteiger partial charge in [-0.1, -0.05) is 12.1 Å². The Balaban J connectivity index is 1.53. The molecule has 0 unspecified atom stereocenters. The Hall–Kier alpha value is -1.87. The van der Waals surface area contributed by atoms with E-state index in [0.717, 1.165) is 35.4 Å². The van der Waals surface area contributed by atoms with E-state index in [1.165, 1.54) is 16.4 Å². The van der Waals surface area contributed by atoms with Gasteiger partial charge < -0.3 is 4.74 Å². The minimum atomic E-state index is -3.46. The van der Waals surface area contributed by atoms with Crippen LogP contribution in [-0.2, 0) is 21.4 Å². The van der Waals surface area contributed by atoms with Crippen LogP contribution in [0.25, 0.3) is 0 Å². The molecule has 1 aromatic heterocycles. The minimum absolute atomic E-state index is 0.258. The number of pyridine rings is 1. The van der Waals surface area contributed by atoms with Crippen LogP contribution < -0.4 is 0 Å². The number of nitrogens with zero attached hydrogens (tertiary/aromatic N) is 3. The second-order valence-corrected chi connectivity index (χ2v) is 9.61. The van der Waals surface area contributed by atoms with Crippen LogP contribution >= 0.6 is 0 Å². The average Bonchev–Trinajstić information content (AvgIpc) is 3.23. The lowest BCUT2D eigenvalue weighted by molar-refractivity contribution is -0.00656. The molecule has 156 valence electrons. The van der Waals surface area contributed by atoms with Gasteiger partial charge in [0.15, 0.2) is 0 Å². The van der Waals surface area contributed by atoms with Crippen LogP contribution in [0.4, 0.5) is 4.39 Å². The number of ether oxygens (including phenoxy) is 1. The first-order valence-corrected chi connectivity index (χ1v) is 11.4. The Morgan fingerprint density at radius 1 is 1.10 bits per heavy atom. The third-order valence-electron chi connectivity index (χ3n) is 5.41. The first kappa shape index (κ1) is 20.4. The molecule has 8 heteroatoms. The van der Waals surface area contributed by atoms with Crippen molar-refractivity contribution in [1.82, 2.24) is 13.6 Å². The van der Waals surface area contributed by atoms with Crippen molar-refractivity contribution in [1.29, 1.82) is 0 Å². The second-order valence-electron chi connectivity index (χ2n) is 7.68. The molecule has 1 aromatic carbocycles. The maximum Gasteiger partial charge on any atom is 0.282 e. The Kier molecular flexibility index (Phi) is 5.96. The number of aryl methyl sites for hydroxylation is 1. The fraction of sp³-hybridized carbons (Fsp3) is 0.476. The highest BCUT2D eigenvalue weighted by Crippen LogP contribution is 2.27. The molecule has 0 radical (unpaired) electrons. The summed E-state index contributed by atoms with van der Waals surface area (Å²) < 4.78 is 48.3. The van der Waals surface area contributed by atoms with Gasteiger partial charge in [-0.2, -0.15) is 17.0 Å². The van der Waals surface area contributed by atoms with Crippen LogP contribution in [0.2, 0.25) is 0 Å². The molecule has 0 saturated carbocycles. The van der Waals surface area contributed by atoms with E-state index in [2.05, 4.69) is 4.98 Å². The first-order chi connectivity index (χ1) is 13.9. The van der Waals surface area contributed by atoms with Crippen molar-refractivity contribution in [2.75, 3.05) is 32.8 Å². The van der Waals surface area contributed by atoms with E-state index in [1.54, 1.807) is 10.4 Å². The molecule has 1 atom stereocenters. The zero-order chi connectivity index (χ0) is 20.4. The van der Waals surface area contributed by atoms with Gasteiger partial charge in [0.05, 0.1) is 12.3 Å². The van der Waals surface area contributed by atoms with Gasteiger partial charge in [0.2, 0.25) is 0 Å². The average molecular weight is 420 g/mol. The summed E-state index contributed by atoms with van der Waals surface area (Å²) in [5.74, 6) is -0.258. The summed E-state index contributed by atoms with van der Waals surface area (Å²) in [5, 5.41) is 0. The van der Waals surface area contributed by atoms with E-state index in [0.29, 0.717) is 32.7 Å². The Morgan fingerprint density at radius 2 is 1.90 bits per heavy atom. The molecule has 0 N–H and O–H groups in total. The number of morpholine rings is 1. The Bertz CT molecular complexity index is 977. The smallest absolute Gasteiger partial charge is 0.282 e. The van der Waals surface area contributed by atoms with Gasteiger partial charge in [-0.05, 0) is 61.6 Å². The van der Waals surface area contributed by atoms with Gasteiger partial charge in [-0.3, -0.25) is 4.98 Å².